The SMILES string of the molecule is Cc1ccc(C(=O)NC(C(=O)N/N=C\c2ccc(N3CCCC3)o2)C(C)C)cc1. The van der Waals surface area contributed by atoms with Crippen LogP contribution in [0.1, 0.15) is 48.4 Å². The largest absolute Gasteiger partial charge is 0.440 e. The summed E-state index contributed by atoms with van der Waals surface area (Å²) in [7, 11) is 0. The molecule has 3 rings (SSSR count). The maximum atomic E-state index is 12.5. The first kappa shape index (κ1) is 20.6. The van der Waals surface area contributed by atoms with Gasteiger partial charge in [0, 0.05) is 24.7 Å². The van der Waals surface area contributed by atoms with Gasteiger partial charge < -0.3 is 14.6 Å². The topological polar surface area (TPSA) is 86.9 Å². The molecule has 2 aromatic rings. The maximum Gasteiger partial charge on any atom is 0.262 e. The van der Waals surface area contributed by atoms with Gasteiger partial charge >= 0.3 is 0 Å². The van der Waals surface area contributed by atoms with Gasteiger partial charge in [-0.1, -0.05) is 31.5 Å². The van der Waals surface area contributed by atoms with Gasteiger partial charge in [0.1, 0.15) is 11.8 Å². The van der Waals surface area contributed by atoms with Crippen LogP contribution in [0.3, 0.4) is 0 Å². The molecule has 1 aliphatic rings. The van der Waals surface area contributed by atoms with Crippen molar-refractivity contribution in [2.24, 2.45) is 11.0 Å². The molecule has 7 nitrogen and oxygen atoms in total. The van der Waals surface area contributed by atoms with Gasteiger partial charge in [-0.25, -0.2) is 5.43 Å². The third kappa shape index (κ3) is 5.47. The van der Waals surface area contributed by atoms with Crippen LogP contribution in [-0.2, 0) is 4.79 Å². The lowest BCUT2D eigenvalue weighted by atomic mass is 10.0. The average molecular weight is 396 g/mol. The van der Waals surface area contributed by atoms with E-state index in [-0.39, 0.29) is 17.7 Å². The van der Waals surface area contributed by atoms with Crippen LogP contribution in [0.15, 0.2) is 45.9 Å². The molecule has 0 saturated carbocycles. The van der Waals surface area contributed by atoms with Crippen molar-refractivity contribution in [3.05, 3.63) is 53.3 Å². The van der Waals surface area contributed by atoms with Gasteiger partial charge in [0.15, 0.2) is 5.88 Å². The van der Waals surface area contributed by atoms with Crippen LogP contribution in [-0.4, -0.2) is 37.2 Å². The van der Waals surface area contributed by atoms with Gasteiger partial charge in [0.25, 0.3) is 11.8 Å². The van der Waals surface area contributed by atoms with Crippen molar-refractivity contribution in [1.29, 1.82) is 0 Å². The lowest BCUT2D eigenvalue weighted by molar-refractivity contribution is -0.123. The summed E-state index contributed by atoms with van der Waals surface area (Å²) in [5, 5.41) is 6.78. The minimum Gasteiger partial charge on any atom is -0.440 e. The van der Waals surface area contributed by atoms with Crippen LogP contribution in [0.25, 0.3) is 0 Å². The van der Waals surface area contributed by atoms with Crippen LogP contribution < -0.4 is 15.6 Å². The molecule has 0 aliphatic carbocycles. The Kier molecular flexibility index (Phi) is 6.69. The molecule has 1 atom stereocenters. The summed E-state index contributed by atoms with van der Waals surface area (Å²) >= 11 is 0. The van der Waals surface area contributed by atoms with E-state index in [1.807, 2.05) is 45.0 Å². The summed E-state index contributed by atoms with van der Waals surface area (Å²) in [6, 6.07) is 10.3. The van der Waals surface area contributed by atoms with Crippen molar-refractivity contribution >= 4 is 23.9 Å². The third-order valence-corrected chi connectivity index (χ3v) is 4.95. The fourth-order valence-corrected chi connectivity index (χ4v) is 3.21. The second-order valence-corrected chi connectivity index (χ2v) is 7.67. The lowest BCUT2D eigenvalue weighted by Crippen LogP contribution is -2.48. The van der Waals surface area contributed by atoms with Crippen molar-refractivity contribution in [2.75, 3.05) is 18.0 Å². The van der Waals surface area contributed by atoms with E-state index in [2.05, 4.69) is 20.7 Å². The van der Waals surface area contributed by atoms with E-state index in [1.165, 1.54) is 19.1 Å². The molecular formula is C22H28N4O3. The minimum absolute atomic E-state index is 0.0926. The van der Waals surface area contributed by atoms with Crippen molar-refractivity contribution in [3.63, 3.8) is 0 Å². The zero-order valence-corrected chi connectivity index (χ0v) is 17.1. The first-order valence-electron chi connectivity index (χ1n) is 9.99. The van der Waals surface area contributed by atoms with Crippen LogP contribution in [0.2, 0.25) is 0 Å². The van der Waals surface area contributed by atoms with Gasteiger partial charge in [0.05, 0.1) is 6.21 Å². The number of aryl methyl sites for hydroxylation is 1. The molecule has 1 fully saturated rings. The van der Waals surface area contributed by atoms with E-state index in [9.17, 15) is 9.59 Å². The Hall–Kier alpha value is -3.09. The van der Waals surface area contributed by atoms with Crippen molar-refractivity contribution < 1.29 is 14.0 Å². The highest BCUT2D eigenvalue weighted by molar-refractivity contribution is 5.97. The van der Waals surface area contributed by atoms with Crippen molar-refractivity contribution in [3.8, 4) is 0 Å². The molecule has 0 radical (unpaired) electrons. The number of benzene rings is 1. The predicted molar refractivity (Wildman–Crippen MR) is 113 cm³/mol. The van der Waals surface area contributed by atoms with Gasteiger partial charge in [0.2, 0.25) is 0 Å². The summed E-state index contributed by atoms with van der Waals surface area (Å²) in [5.41, 5.74) is 4.09. The number of nitrogens with zero attached hydrogens (tertiary/aromatic N) is 2. The zero-order valence-electron chi connectivity index (χ0n) is 17.1. The standard InChI is InChI=1S/C22H28N4O3/c1-15(2)20(24-21(27)17-8-6-16(3)7-9-17)22(28)25-23-14-18-10-11-19(29-18)26-12-4-5-13-26/h6-11,14-15,20H,4-5,12-13H2,1-3H3,(H,24,27)(H,25,28)/b23-14-. The Bertz CT molecular complexity index is 864. The second kappa shape index (κ2) is 9.41. The van der Waals surface area contributed by atoms with E-state index < -0.39 is 6.04 Å². The molecule has 29 heavy (non-hydrogen) atoms. The molecule has 1 saturated heterocycles. The van der Waals surface area contributed by atoms with Gasteiger partial charge in [-0.3, -0.25) is 9.59 Å². The second-order valence-electron chi connectivity index (χ2n) is 7.67. The number of anilines is 1. The van der Waals surface area contributed by atoms with Crippen LogP contribution in [0.5, 0.6) is 0 Å². The number of furan rings is 1. The molecule has 2 N–H and O–H groups in total. The Morgan fingerprint density at radius 3 is 2.45 bits per heavy atom. The van der Waals surface area contributed by atoms with Crippen LogP contribution in [0, 0.1) is 12.8 Å². The van der Waals surface area contributed by atoms with Crippen LogP contribution >= 0.6 is 0 Å². The predicted octanol–water partition coefficient (Wildman–Crippen LogP) is 3.09. The average Bonchev–Trinajstić information content (AvgIpc) is 3.37. The van der Waals surface area contributed by atoms with E-state index >= 15 is 0 Å². The van der Waals surface area contributed by atoms with Crippen LogP contribution in [0.4, 0.5) is 5.88 Å². The highest BCUT2D eigenvalue weighted by atomic mass is 16.4. The smallest absolute Gasteiger partial charge is 0.262 e. The zero-order chi connectivity index (χ0) is 20.8. The van der Waals surface area contributed by atoms with E-state index in [4.69, 9.17) is 4.42 Å². The van der Waals surface area contributed by atoms with E-state index in [1.54, 1.807) is 12.1 Å². The Morgan fingerprint density at radius 2 is 1.79 bits per heavy atom. The molecule has 2 heterocycles. The first-order chi connectivity index (χ1) is 13.9. The normalized spacial score (nSPS) is 15.1. The number of nitrogens with one attached hydrogen (secondary N) is 2. The summed E-state index contributed by atoms with van der Waals surface area (Å²) in [6.45, 7) is 7.70. The number of carbonyl (C=O) groups excluding carboxylic acids is 2. The molecule has 1 aromatic heterocycles. The van der Waals surface area contributed by atoms with Crippen molar-refractivity contribution in [1.82, 2.24) is 10.7 Å². The quantitative estimate of drug-likeness (QED) is 0.556. The lowest BCUT2D eigenvalue weighted by Gasteiger charge is -2.20. The van der Waals surface area contributed by atoms with Gasteiger partial charge in [-0.2, -0.15) is 5.10 Å². The Labute approximate surface area is 171 Å². The first-order valence-corrected chi connectivity index (χ1v) is 9.99. The molecule has 0 bridgehead atoms. The maximum absolute atomic E-state index is 12.5. The third-order valence-electron chi connectivity index (χ3n) is 4.95. The molecular weight excluding hydrogens is 368 g/mol. The number of rotatable bonds is 7. The number of carbonyl (C=O) groups is 2. The Morgan fingerprint density at radius 1 is 1.10 bits per heavy atom. The molecule has 1 unspecified atom stereocenters. The highest BCUT2D eigenvalue weighted by Gasteiger charge is 2.24. The number of hydrogen-bond acceptors (Lipinski definition) is 5. The van der Waals surface area contributed by atoms with E-state index in [0.29, 0.717) is 11.3 Å². The molecule has 154 valence electrons. The van der Waals surface area contributed by atoms with E-state index in [0.717, 1.165) is 24.5 Å². The number of amides is 2. The monoisotopic (exact) mass is 396 g/mol. The fraction of sp³-hybridized carbons (Fsp3) is 0.409. The molecule has 1 aromatic carbocycles. The molecule has 2 amide bonds. The summed E-state index contributed by atoms with van der Waals surface area (Å²) in [4.78, 5) is 27.2. The summed E-state index contributed by atoms with van der Waals surface area (Å²) in [6.07, 6.45) is 3.81. The van der Waals surface area contributed by atoms with Gasteiger partial charge in [-0.05, 0) is 43.9 Å². The molecule has 1 aliphatic heterocycles. The molecule has 0 spiro atoms. The molecule has 7 heteroatoms. The summed E-state index contributed by atoms with van der Waals surface area (Å²) < 4.78 is 5.74. The van der Waals surface area contributed by atoms with Gasteiger partial charge in [-0.15, -0.1) is 0 Å². The number of hydrogen-bond donors (Lipinski definition) is 2. The number of hydrazone groups is 1. The minimum atomic E-state index is -0.697. The fourth-order valence-electron chi connectivity index (χ4n) is 3.21. The van der Waals surface area contributed by atoms with Crippen molar-refractivity contribution in [2.45, 2.75) is 39.7 Å². The Balaban J connectivity index is 1.57. The summed E-state index contributed by atoms with van der Waals surface area (Å²) in [5.74, 6) is 0.634. The highest BCUT2D eigenvalue weighted by Crippen LogP contribution is 2.21.